The molecule has 2 rings (SSSR count). The molecule has 18 heavy (non-hydrogen) atoms. The summed E-state index contributed by atoms with van der Waals surface area (Å²) >= 11 is 2.01. The van der Waals surface area contributed by atoms with E-state index in [1.54, 1.807) is 18.2 Å². The maximum Gasteiger partial charge on any atom is 0.196 e. The lowest BCUT2D eigenvalue weighted by atomic mass is 10.2. The maximum absolute atomic E-state index is 13.5. The van der Waals surface area contributed by atoms with E-state index in [2.05, 4.69) is 5.32 Å². The first-order chi connectivity index (χ1) is 8.49. The number of benzene rings is 2. The van der Waals surface area contributed by atoms with Crippen LogP contribution in [0.4, 0.5) is 30.2 Å². The van der Waals surface area contributed by atoms with Gasteiger partial charge in [-0.05, 0) is 52.9 Å². The minimum atomic E-state index is -1.49. The van der Waals surface area contributed by atoms with Gasteiger partial charge in [-0.2, -0.15) is 0 Å². The third-order valence-corrected chi connectivity index (χ3v) is 3.19. The molecule has 0 aliphatic rings. The van der Waals surface area contributed by atoms with Crippen LogP contribution in [0.3, 0.4) is 0 Å². The molecule has 0 saturated carbocycles. The molecule has 0 radical (unpaired) electrons. The van der Waals surface area contributed by atoms with E-state index in [0.29, 0.717) is 11.4 Å². The van der Waals surface area contributed by atoms with E-state index in [4.69, 9.17) is 5.73 Å². The van der Waals surface area contributed by atoms with E-state index in [9.17, 15) is 13.2 Å². The molecule has 0 aliphatic carbocycles. The Morgan fingerprint density at radius 1 is 0.944 bits per heavy atom. The van der Waals surface area contributed by atoms with Crippen molar-refractivity contribution in [2.24, 2.45) is 0 Å². The molecule has 2 aromatic rings. The summed E-state index contributed by atoms with van der Waals surface area (Å²) in [6.45, 7) is 0. The summed E-state index contributed by atoms with van der Waals surface area (Å²) in [5.41, 5.74) is 6.58. The predicted octanol–water partition coefficient (Wildman–Crippen LogP) is 4.03. The molecular formula is C12H8F3IN2. The van der Waals surface area contributed by atoms with Crippen molar-refractivity contribution in [1.82, 2.24) is 0 Å². The molecule has 0 heterocycles. The van der Waals surface area contributed by atoms with Gasteiger partial charge in [0.05, 0.1) is 11.4 Å². The van der Waals surface area contributed by atoms with Gasteiger partial charge >= 0.3 is 0 Å². The Hall–Kier alpha value is -1.44. The van der Waals surface area contributed by atoms with Gasteiger partial charge in [-0.1, -0.05) is 0 Å². The third-order valence-electron chi connectivity index (χ3n) is 2.30. The first-order valence-electron chi connectivity index (χ1n) is 4.94. The molecule has 0 spiro atoms. The molecule has 6 heteroatoms. The molecule has 0 aromatic heterocycles. The summed E-state index contributed by atoms with van der Waals surface area (Å²) < 4.78 is 40.0. The Balaban J connectivity index is 2.37. The van der Waals surface area contributed by atoms with Crippen molar-refractivity contribution in [2.45, 2.75) is 0 Å². The Labute approximate surface area is 115 Å². The van der Waals surface area contributed by atoms with Crippen LogP contribution in [0.15, 0.2) is 30.3 Å². The standard InChI is InChI=1S/C12H8F3IN2/c13-7-2-4-10(12(15)11(7)14)18-9-3-1-6(17)5-8(9)16/h1-5,18H,17H2. The van der Waals surface area contributed by atoms with Crippen LogP contribution >= 0.6 is 22.6 Å². The molecule has 0 amide bonds. The maximum atomic E-state index is 13.5. The number of anilines is 3. The number of nitrogens with one attached hydrogen (secondary N) is 1. The molecule has 0 atom stereocenters. The van der Waals surface area contributed by atoms with E-state index in [1.807, 2.05) is 22.6 Å². The second-order valence-corrected chi connectivity index (χ2v) is 4.75. The largest absolute Gasteiger partial charge is 0.399 e. The van der Waals surface area contributed by atoms with Crippen molar-refractivity contribution in [2.75, 3.05) is 11.1 Å². The van der Waals surface area contributed by atoms with Crippen molar-refractivity contribution in [3.63, 3.8) is 0 Å². The van der Waals surface area contributed by atoms with Crippen LogP contribution in [-0.4, -0.2) is 0 Å². The molecule has 0 saturated heterocycles. The lowest BCUT2D eigenvalue weighted by Crippen LogP contribution is -2.00. The van der Waals surface area contributed by atoms with E-state index in [0.717, 1.165) is 15.7 Å². The zero-order chi connectivity index (χ0) is 13.3. The second kappa shape index (κ2) is 5.05. The zero-order valence-electron chi connectivity index (χ0n) is 8.98. The summed E-state index contributed by atoms with van der Waals surface area (Å²) in [6, 6.07) is 6.95. The molecule has 3 N–H and O–H groups in total. The SMILES string of the molecule is Nc1ccc(Nc2ccc(F)c(F)c2F)c(I)c1. The summed E-state index contributed by atoms with van der Waals surface area (Å²) in [5.74, 6) is -3.96. The van der Waals surface area contributed by atoms with Gasteiger partial charge in [0.15, 0.2) is 17.5 Å². The fraction of sp³-hybridized carbons (Fsp3) is 0. The molecule has 0 aliphatic heterocycles. The van der Waals surface area contributed by atoms with Gasteiger partial charge in [-0.3, -0.25) is 0 Å². The third kappa shape index (κ3) is 2.53. The van der Waals surface area contributed by atoms with Crippen LogP contribution < -0.4 is 11.1 Å². The number of hydrogen-bond acceptors (Lipinski definition) is 2. The van der Waals surface area contributed by atoms with Crippen LogP contribution in [0, 0.1) is 21.0 Å². The molecule has 0 bridgehead atoms. The highest BCUT2D eigenvalue weighted by molar-refractivity contribution is 14.1. The van der Waals surface area contributed by atoms with Crippen molar-refractivity contribution in [3.05, 3.63) is 51.4 Å². The smallest absolute Gasteiger partial charge is 0.196 e. The summed E-state index contributed by atoms with van der Waals surface area (Å²) in [6.07, 6.45) is 0. The monoisotopic (exact) mass is 364 g/mol. The first kappa shape index (κ1) is 13.0. The normalized spacial score (nSPS) is 10.4. The summed E-state index contributed by atoms with van der Waals surface area (Å²) in [5, 5.41) is 2.69. The van der Waals surface area contributed by atoms with Gasteiger partial charge in [0, 0.05) is 9.26 Å². The molecule has 2 nitrogen and oxygen atoms in total. The highest BCUT2D eigenvalue weighted by atomic mass is 127. The topological polar surface area (TPSA) is 38.0 Å². The number of hydrogen-bond donors (Lipinski definition) is 2. The number of nitrogen functional groups attached to an aromatic ring is 1. The van der Waals surface area contributed by atoms with Crippen molar-refractivity contribution in [3.8, 4) is 0 Å². The van der Waals surface area contributed by atoms with Gasteiger partial charge in [0.25, 0.3) is 0 Å². The average Bonchev–Trinajstić information content (AvgIpc) is 2.33. The number of nitrogens with two attached hydrogens (primary N) is 1. The lowest BCUT2D eigenvalue weighted by Gasteiger charge is -2.10. The number of halogens is 4. The van der Waals surface area contributed by atoms with Gasteiger partial charge in [-0.25, -0.2) is 13.2 Å². The Bertz CT molecular complexity index is 602. The fourth-order valence-corrected chi connectivity index (χ4v) is 2.07. The minimum Gasteiger partial charge on any atom is -0.399 e. The molecule has 2 aromatic carbocycles. The van der Waals surface area contributed by atoms with Gasteiger partial charge in [0.2, 0.25) is 0 Å². The zero-order valence-corrected chi connectivity index (χ0v) is 11.1. The van der Waals surface area contributed by atoms with E-state index < -0.39 is 17.5 Å². The first-order valence-corrected chi connectivity index (χ1v) is 6.02. The van der Waals surface area contributed by atoms with Crippen molar-refractivity contribution in [1.29, 1.82) is 0 Å². The highest BCUT2D eigenvalue weighted by Gasteiger charge is 2.14. The molecule has 94 valence electrons. The van der Waals surface area contributed by atoms with E-state index in [1.165, 1.54) is 0 Å². The van der Waals surface area contributed by atoms with Crippen molar-refractivity contribution < 1.29 is 13.2 Å². The summed E-state index contributed by atoms with van der Waals surface area (Å²) in [4.78, 5) is 0. The van der Waals surface area contributed by atoms with Crippen LogP contribution in [0.2, 0.25) is 0 Å². The van der Waals surface area contributed by atoms with Crippen molar-refractivity contribution >= 4 is 39.7 Å². The fourth-order valence-electron chi connectivity index (χ4n) is 1.40. The molecule has 0 unspecified atom stereocenters. The predicted molar refractivity (Wildman–Crippen MR) is 73.2 cm³/mol. The summed E-state index contributed by atoms with van der Waals surface area (Å²) in [7, 11) is 0. The second-order valence-electron chi connectivity index (χ2n) is 3.59. The highest BCUT2D eigenvalue weighted by Crippen LogP contribution is 2.27. The van der Waals surface area contributed by atoms with Gasteiger partial charge in [-0.15, -0.1) is 0 Å². The van der Waals surface area contributed by atoms with Gasteiger partial charge < -0.3 is 11.1 Å². The van der Waals surface area contributed by atoms with E-state index in [-0.39, 0.29) is 5.69 Å². The lowest BCUT2D eigenvalue weighted by molar-refractivity contribution is 0.449. The van der Waals surface area contributed by atoms with Crippen LogP contribution in [0.1, 0.15) is 0 Å². The van der Waals surface area contributed by atoms with Gasteiger partial charge in [0.1, 0.15) is 0 Å². The van der Waals surface area contributed by atoms with E-state index >= 15 is 0 Å². The average molecular weight is 364 g/mol. The minimum absolute atomic E-state index is 0.128. The quantitative estimate of drug-likeness (QED) is 0.480. The molecular weight excluding hydrogens is 356 g/mol. The van der Waals surface area contributed by atoms with Crippen LogP contribution in [0.5, 0.6) is 0 Å². The Morgan fingerprint density at radius 3 is 2.28 bits per heavy atom. The van der Waals surface area contributed by atoms with Crippen LogP contribution in [0.25, 0.3) is 0 Å². The Morgan fingerprint density at radius 2 is 1.61 bits per heavy atom. The molecule has 0 fully saturated rings. The number of rotatable bonds is 2. The van der Waals surface area contributed by atoms with Crippen LogP contribution in [-0.2, 0) is 0 Å². The Kier molecular flexibility index (Phi) is 3.65.